The van der Waals surface area contributed by atoms with Crippen molar-refractivity contribution in [2.75, 3.05) is 0 Å². The van der Waals surface area contributed by atoms with Crippen molar-refractivity contribution in [2.45, 2.75) is 6.92 Å². The second-order valence-corrected chi connectivity index (χ2v) is 2.83. The summed E-state index contributed by atoms with van der Waals surface area (Å²) in [5.41, 5.74) is 0.528. The van der Waals surface area contributed by atoms with Crippen LogP contribution in [0.1, 0.15) is 11.1 Å². The average molecular weight is 196 g/mol. The Kier molecular flexibility index (Phi) is 2.86. The number of aryl methyl sites for hydroxylation is 1. The van der Waals surface area contributed by atoms with Gasteiger partial charge in [0.15, 0.2) is 0 Å². The standard InChI is InChI=1S/C10H9FO3/c1-6-4-8(11)5-7(10(6)14)2-3-9(12)13/h2-5,14H,1H3,(H,12,13). The van der Waals surface area contributed by atoms with Crippen molar-refractivity contribution in [3.8, 4) is 5.75 Å². The number of aliphatic carboxylic acids is 1. The van der Waals surface area contributed by atoms with Crippen LogP contribution in [0.3, 0.4) is 0 Å². The van der Waals surface area contributed by atoms with Crippen molar-refractivity contribution in [1.29, 1.82) is 0 Å². The number of rotatable bonds is 2. The molecule has 0 amide bonds. The number of halogens is 1. The van der Waals surface area contributed by atoms with Crippen molar-refractivity contribution in [3.05, 3.63) is 35.2 Å². The molecule has 0 unspecified atom stereocenters. The third-order valence-corrected chi connectivity index (χ3v) is 1.70. The zero-order valence-electron chi connectivity index (χ0n) is 7.49. The summed E-state index contributed by atoms with van der Waals surface area (Å²) in [6.45, 7) is 1.54. The summed E-state index contributed by atoms with van der Waals surface area (Å²) < 4.78 is 12.8. The lowest BCUT2D eigenvalue weighted by Crippen LogP contribution is -1.88. The molecule has 0 bridgehead atoms. The van der Waals surface area contributed by atoms with Crippen LogP contribution in [0.25, 0.3) is 6.08 Å². The number of phenols is 1. The molecule has 0 fully saturated rings. The van der Waals surface area contributed by atoms with Crippen molar-refractivity contribution >= 4 is 12.0 Å². The highest BCUT2D eigenvalue weighted by atomic mass is 19.1. The number of hydrogen-bond donors (Lipinski definition) is 2. The molecule has 0 atom stereocenters. The molecule has 0 aliphatic carbocycles. The fraction of sp³-hybridized carbons (Fsp3) is 0.100. The fourth-order valence-electron chi connectivity index (χ4n) is 1.05. The van der Waals surface area contributed by atoms with E-state index in [1.807, 2.05) is 0 Å². The Bertz CT molecular complexity index is 397. The molecule has 1 aromatic rings. The monoisotopic (exact) mass is 196 g/mol. The van der Waals surface area contributed by atoms with Crippen LogP contribution < -0.4 is 0 Å². The molecule has 0 aromatic heterocycles. The minimum absolute atomic E-state index is 0.107. The summed E-state index contributed by atoms with van der Waals surface area (Å²) in [5, 5.41) is 17.8. The molecule has 0 saturated heterocycles. The smallest absolute Gasteiger partial charge is 0.328 e. The molecule has 14 heavy (non-hydrogen) atoms. The van der Waals surface area contributed by atoms with Gasteiger partial charge >= 0.3 is 5.97 Å². The average Bonchev–Trinajstić information content (AvgIpc) is 2.08. The first-order valence-corrected chi connectivity index (χ1v) is 3.91. The molecule has 0 aliphatic rings. The molecule has 2 N–H and O–H groups in total. The molecule has 0 aliphatic heterocycles. The number of hydrogen-bond acceptors (Lipinski definition) is 2. The maximum absolute atomic E-state index is 12.8. The van der Waals surface area contributed by atoms with Gasteiger partial charge in [-0.25, -0.2) is 9.18 Å². The zero-order chi connectivity index (χ0) is 10.7. The van der Waals surface area contributed by atoms with E-state index >= 15 is 0 Å². The molecular formula is C10H9FO3. The fourth-order valence-corrected chi connectivity index (χ4v) is 1.05. The van der Waals surface area contributed by atoms with E-state index in [4.69, 9.17) is 5.11 Å². The van der Waals surface area contributed by atoms with Crippen LogP contribution >= 0.6 is 0 Å². The number of phenolic OH excluding ortho intramolecular Hbond substituents is 1. The molecule has 1 aromatic carbocycles. The van der Waals surface area contributed by atoms with Crippen LogP contribution in [0.5, 0.6) is 5.75 Å². The number of benzene rings is 1. The lowest BCUT2D eigenvalue weighted by molar-refractivity contribution is -0.131. The molecule has 1 rings (SSSR count). The van der Waals surface area contributed by atoms with Crippen LogP contribution in [0.2, 0.25) is 0 Å². The number of carboxylic acid groups (broad SMARTS) is 1. The minimum atomic E-state index is -1.15. The summed E-state index contributed by atoms with van der Waals surface area (Å²) in [6, 6.07) is 2.25. The molecule has 4 heteroatoms. The topological polar surface area (TPSA) is 57.5 Å². The Balaban J connectivity index is 3.14. The Labute approximate surface area is 80.1 Å². The molecule has 0 heterocycles. The molecule has 0 spiro atoms. The van der Waals surface area contributed by atoms with Gasteiger partial charge in [-0.15, -0.1) is 0 Å². The molecule has 3 nitrogen and oxygen atoms in total. The summed E-state index contributed by atoms with van der Waals surface area (Å²) >= 11 is 0. The van der Waals surface area contributed by atoms with Gasteiger partial charge in [0.2, 0.25) is 0 Å². The van der Waals surface area contributed by atoms with Gasteiger partial charge in [-0.1, -0.05) is 0 Å². The molecule has 0 saturated carbocycles. The Morgan fingerprint density at radius 1 is 1.50 bits per heavy atom. The summed E-state index contributed by atoms with van der Waals surface area (Å²) in [6.07, 6.45) is 1.99. The van der Waals surface area contributed by atoms with Crippen LogP contribution in [0.15, 0.2) is 18.2 Å². The maximum Gasteiger partial charge on any atom is 0.328 e. The number of aromatic hydroxyl groups is 1. The normalized spacial score (nSPS) is 10.7. The predicted octanol–water partition coefficient (Wildman–Crippen LogP) is 1.94. The van der Waals surface area contributed by atoms with Gasteiger partial charge in [0, 0.05) is 11.6 Å². The van der Waals surface area contributed by atoms with E-state index < -0.39 is 11.8 Å². The van der Waals surface area contributed by atoms with Crippen LogP contribution in [0, 0.1) is 12.7 Å². The largest absolute Gasteiger partial charge is 0.507 e. The molecular weight excluding hydrogens is 187 g/mol. The minimum Gasteiger partial charge on any atom is -0.507 e. The Morgan fingerprint density at radius 2 is 2.14 bits per heavy atom. The van der Waals surface area contributed by atoms with Crippen molar-refractivity contribution in [1.82, 2.24) is 0 Å². The third-order valence-electron chi connectivity index (χ3n) is 1.70. The highest BCUT2D eigenvalue weighted by Gasteiger charge is 2.04. The number of carbonyl (C=O) groups is 1. The first kappa shape index (κ1) is 10.2. The first-order chi connectivity index (χ1) is 6.50. The van der Waals surface area contributed by atoms with E-state index in [2.05, 4.69) is 0 Å². The summed E-state index contributed by atoms with van der Waals surface area (Å²) in [7, 11) is 0. The Hall–Kier alpha value is -1.84. The van der Waals surface area contributed by atoms with Gasteiger partial charge in [-0.3, -0.25) is 0 Å². The van der Waals surface area contributed by atoms with E-state index in [9.17, 15) is 14.3 Å². The van der Waals surface area contributed by atoms with Gasteiger partial charge in [-0.05, 0) is 30.7 Å². The van der Waals surface area contributed by atoms with Gasteiger partial charge in [0.1, 0.15) is 11.6 Å². The van der Waals surface area contributed by atoms with E-state index in [-0.39, 0.29) is 11.3 Å². The van der Waals surface area contributed by atoms with Crippen molar-refractivity contribution in [2.24, 2.45) is 0 Å². The third kappa shape index (κ3) is 2.32. The second-order valence-electron chi connectivity index (χ2n) is 2.83. The zero-order valence-corrected chi connectivity index (χ0v) is 7.49. The van der Waals surface area contributed by atoms with Crippen LogP contribution in [-0.2, 0) is 4.79 Å². The van der Waals surface area contributed by atoms with Crippen LogP contribution in [0.4, 0.5) is 4.39 Å². The maximum atomic E-state index is 12.8. The van der Waals surface area contributed by atoms with Crippen molar-refractivity contribution < 1.29 is 19.4 Å². The van der Waals surface area contributed by atoms with Crippen molar-refractivity contribution in [3.63, 3.8) is 0 Å². The lowest BCUT2D eigenvalue weighted by atomic mass is 10.1. The van der Waals surface area contributed by atoms with Crippen LogP contribution in [-0.4, -0.2) is 16.2 Å². The van der Waals surface area contributed by atoms with Gasteiger partial charge in [-0.2, -0.15) is 0 Å². The van der Waals surface area contributed by atoms with Gasteiger partial charge in [0.05, 0.1) is 0 Å². The molecule has 74 valence electrons. The quantitative estimate of drug-likeness (QED) is 0.710. The highest BCUT2D eigenvalue weighted by Crippen LogP contribution is 2.24. The van der Waals surface area contributed by atoms with E-state index in [1.54, 1.807) is 0 Å². The number of carboxylic acids is 1. The molecule has 0 radical (unpaired) electrons. The van der Waals surface area contributed by atoms with E-state index in [0.29, 0.717) is 5.56 Å². The highest BCUT2D eigenvalue weighted by molar-refractivity contribution is 5.86. The van der Waals surface area contributed by atoms with E-state index in [0.717, 1.165) is 18.2 Å². The summed E-state index contributed by atoms with van der Waals surface area (Å²) in [5.74, 6) is -1.76. The second kappa shape index (κ2) is 3.91. The first-order valence-electron chi connectivity index (χ1n) is 3.91. The SMILES string of the molecule is Cc1cc(F)cc(C=CC(=O)O)c1O. The Morgan fingerprint density at radius 3 is 2.71 bits per heavy atom. The summed E-state index contributed by atoms with van der Waals surface area (Å²) in [4.78, 5) is 10.2. The van der Waals surface area contributed by atoms with Gasteiger partial charge in [0.25, 0.3) is 0 Å². The van der Waals surface area contributed by atoms with E-state index in [1.165, 1.54) is 13.0 Å². The predicted molar refractivity (Wildman–Crippen MR) is 49.5 cm³/mol. The lowest BCUT2D eigenvalue weighted by Gasteiger charge is -2.02. The van der Waals surface area contributed by atoms with Gasteiger partial charge < -0.3 is 10.2 Å².